The predicted octanol–water partition coefficient (Wildman–Crippen LogP) is 3.62. The van der Waals surface area contributed by atoms with E-state index in [2.05, 4.69) is 4.98 Å². The van der Waals surface area contributed by atoms with Gasteiger partial charge in [0.25, 0.3) is 0 Å². The van der Waals surface area contributed by atoms with Crippen LogP contribution in [0.15, 0.2) is 41.3 Å². The van der Waals surface area contributed by atoms with E-state index in [0.717, 1.165) is 24.1 Å². The summed E-state index contributed by atoms with van der Waals surface area (Å²) in [6.45, 7) is 3.79. The topological polar surface area (TPSA) is 90.7 Å². The van der Waals surface area contributed by atoms with Crippen LogP contribution < -0.4 is 0 Å². The Labute approximate surface area is 195 Å². The molecular formula is C22H23ClFN3O5S. The molecular weight excluding hydrogens is 473 g/mol. The summed E-state index contributed by atoms with van der Waals surface area (Å²) in [5.74, 6) is -0.783. The van der Waals surface area contributed by atoms with Crippen molar-refractivity contribution in [2.24, 2.45) is 0 Å². The molecule has 1 saturated heterocycles. The first-order valence-corrected chi connectivity index (χ1v) is 12.3. The first-order valence-electron chi connectivity index (χ1n) is 10.5. The number of nitrogens with zero attached hydrogens (tertiary/aromatic N) is 3. The highest BCUT2D eigenvalue weighted by Gasteiger charge is 2.27. The van der Waals surface area contributed by atoms with Gasteiger partial charge in [0.1, 0.15) is 18.2 Å². The molecule has 0 bridgehead atoms. The van der Waals surface area contributed by atoms with Crippen LogP contribution in [0.1, 0.15) is 29.5 Å². The number of imidazole rings is 1. The maximum Gasteiger partial charge on any atom is 0.340 e. The molecule has 33 heavy (non-hydrogen) atoms. The average Bonchev–Trinajstić information content (AvgIpc) is 3.15. The van der Waals surface area contributed by atoms with E-state index in [1.165, 1.54) is 16.4 Å². The molecule has 0 N–H and O–H groups in total. The van der Waals surface area contributed by atoms with Crippen LogP contribution in [-0.2, 0) is 32.6 Å². The second-order valence-electron chi connectivity index (χ2n) is 7.55. The predicted molar refractivity (Wildman–Crippen MR) is 120 cm³/mol. The molecule has 0 atom stereocenters. The summed E-state index contributed by atoms with van der Waals surface area (Å²) < 4.78 is 53.2. The molecule has 0 saturated carbocycles. The molecule has 176 valence electrons. The van der Waals surface area contributed by atoms with Crippen molar-refractivity contribution < 1.29 is 27.1 Å². The van der Waals surface area contributed by atoms with Gasteiger partial charge in [-0.25, -0.2) is 22.6 Å². The van der Waals surface area contributed by atoms with Crippen molar-refractivity contribution in [1.29, 1.82) is 0 Å². The molecule has 8 nitrogen and oxygen atoms in total. The number of benzene rings is 2. The van der Waals surface area contributed by atoms with Gasteiger partial charge in [-0.2, -0.15) is 4.31 Å². The highest BCUT2D eigenvalue weighted by molar-refractivity contribution is 7.89. The number of hydrogen-bond acceptors (Lipinski definition) is 6. The normalized spacial score (nSPS) is 15.1. The Bertz CT molecular complexity index is 1290. The smallest absolute Gasteiger partial charge is 0.340 e. The van der Waals surface area contributed by atoms with Gasteiger partial charge in [-0.1, -0.05) is 18.5 Å². The van der Waals surface area contributed by atoms with Crippen LogP contribution in [0.4, 0.5) is 4.39 Å². The third-order valence-corrected chi connectivity index (χ3v) is 7.54. The van der Waals surface area contributed by atoms with Crippen molar-refractivity contribution in [3.05, 3.63) is 58.6 Å². The Morgan fingerprint density at radius 2 is 1.97 bits per heavy atom. The second-order valence-corrected chi connectivity index (χ2v) is 9.89. The largest absolute Gasteiger partial charge is 0.454 e. The molecule has 2 aromatic carbocycles. The molecule has 1 aliphatic heterocycles. The van der Waals surface area contributed by atoms with Crippen molar-refractivity contribution >= 4 is 38.6 Å². The lowest BCUT2D eigenvalue weighted by Gasteiger charge is -2.26. The monoisotopic (exact) mass is 495 g/mol. The van der Waals surface area contributed by atoms with Crippen LogP contribution >= 0.6 is 11.6 Å². The summed E-state index contributed by atoms with van der Waals surface area (Å²) in [6, 6.07) is 8.25. The van der Waals surface area contributed by atoms with Crippen molar-refractivity contribution in [2.75, 3.05) is 26.3 Å². The van der Waals surface area contributed by atoms with Gasteiger partial charge in [-0.05, 0) is 42.8 Å². The highest BCUT2D eigenvalue weighted by Crippen LogP contribution is 2.25. The fourth-order valence-electron chi connectivity index (χ4n) is 3.70. The maximum atomic E-state index is 13.3. The van der Waals surface area contributed by atoms with E-state index >= 15 is 0 Å². The van der Waals surface area contributed by atoms with Crippen LogP contribution in [0, 0.1) is 5.82 Å². The summed E-state index contributed by atoms with van der Waals surface area (Å²) in [6.07, 6.45) is 0.796. The van der Waals surface area contributed by atoms with Gasteiger partial charge in [0.05, 0.1) is 39.7 Å². The lowest BCUT2D eigenvalue weighted by atomic mass is 10.2. The van der Waals surface area contributed by atoms with Crippen LogP contribution in [0.3, 0.4) is 0 Å². The van der Waals surface area contributed by atoms with Crippen molar-refractivity contribution in [1.82, 2.24) is 13.9 Å². The molecule has 11 heteroatoms. The van der Waals surface area contributed by atoms with E-state index in [9.17, 15) is 17.6 Å². The van der Waals surface area contributed by atoms with Crippen LogP contribution in [0.2, 0.25) is 5.02 Å². The number of halogens is 2. The summed E-state index contributed by atoms with van der Waals surface area (Å²) in [7, 11) is -3.67. The molecule has 4 rings (SSSR count). The second kappa shape index (κ2) is 9.76. The molecule has 1 aromatic heterocycles. The minimum Gasteiger partial charge on any atom is -0.454 e. The van der Waals surface area contributed by atoms with E-state index in [0.29, 0.717) is 44.2 Å². The lowest BCUT2D eigenvalue weighted by molar-refractivity contribution is 0.0458. The zero-order valence-corrected chi connectivity index (χ0v) is 19.5. The van der Waals surface area contributed by atoms with E-state index in [1.807, 2.05) is 11.5 Å². The number of sulfonamides is 1. The Morgan fingerprint density at radius 1 is 1.21 bits per heavy atom. The third kappa shape index (κ3) is 4.89. The van der Waals surface area contributed by atoms with Crippen molar-refractivity contribution in [3.8, 4) is 0 Å². The van der Waals surface area contributed by atoms with Gasteiger partial charge in [0, 0.05) is 19.6 Å². The molecule has 1 aliphatic rings. The van der Waals surface area contributed by atoms with Gasteiger partial charge < -0.3 is 14.0 Å². The molecule has 2 heterocycles. The fraction of sp³-hybridized carbons (Fsp3) is 0.364. The molecule has 0 radical (unpaired) electrons. The Hall–Kier alpha value is -2.53. The molecule has 0 aliphatic carbocycles. The summed E-state index contributed by atoms with van der Waals surface area (Å²) in [5.41, 5.74) is 1.28. The number of carbonyl (C=O) groups excluding carboxylic acids is 1. The third-order valence-electron chi connectivity index (χ3n) is 5.34. The van der Waals surface area contributed by atoms with Crippen LogP contribution in [-0.4, -0.2) is 54.5 Å². The zero-order valence-electron chi connectivity index (χ0n) is 18.0. The molecule has 0 amide bonds. The number of rotatable bonds is 7. The number of aromatic nitrogens is 2. The van der Waals surface area contributed by atoms with Crippen LogP contribution in [0.25, 0.3) is 11.0 Å². The Kier molecular flexibility index (Phi) is 6.99. The number of aryl methyl sites for hydroxylation is 1. The summed E-state index contributed by atoms with van der Waals surface area (Å²) in [5, 5.41) is -0.0416. The van der Waals surface area contributed by atoms with E-state index < -0.39 is 21.8 Å². The number of morpholine rings is 1. The minimum absolute atomic E-state index is 0.0416. The van der Waals surface area contributed by atoms with Gasteiger partial charge in [-0.15, -0.1) is 0 Å². The average molecular weight is 496 g/mol. The Balaban J connectivity index is 1.61. The number of fused-ring (bicyclic) bond motifs is 1. The fourth-order valence-corrected chi connectivity index (χ4v) is 5.38. The summed E-state index contributed by atoms with van der Waals surface area (Å²) in [4.78, 5) is 17.1. The minimum atomic E-state index is -3.67. The number of esters is 1. The SMILES string of the molecule is CCCn1c(COC(=O)c2ccc(F)cc2Cl)nc2cc(S(=O)(=O)N3CCOCC3)ccc21. The van der Waals surface area contributed by atoms with Crippen molar-refractivity contribution in [2.45, 2.75) is 31.4 Å². The first kappa shape index (κ1) is 23.6. The zero-order chi connectivity index (χ0) is 23.6. The highest BCUT2D eigenvalue weighted by atomic mass is 35.5. The number of hydrogen-bond donors (Lipinski definition) is 0. The lowest BCUT2D eigenvalue weighted by Crippen LogP contribution is -2.40. The maximum absolute atomic E-state index is 13.3. The number of carbonyl (C=O) groups is 1. The van der Waals surface area contributed by atoms with Gasteiger partial charge in [0.2, 0.25) is 10.0 Å². The van der Waals surface area contributed by atoms with E-state index in [1.54, 1.807) is 12.1 Å². The quantitative estimate of drug-likeness (QED) is 0.465. The molecule has 1 fully saturated rings. The summed E-state index contributed by atoms with van der Waals surface area (Å²) >= 11 is 5.95. The molecule has 3 aromatic rings. The van der Waals surface area contributed by atoms with E-state index in [-0.39, 0.29) is 22.1 Å². The van der Waals surface area contributed by atoms with Gasteiger partial charge in [0.15, 0.2) is 0 Å². The Morgan fingerprint density at radius 3 is 2.67 bits per heavy atom. The number of ether oxygens (including phenoxy) is 2. The standard InChI is InChI=1S/C22H23ClFN3O5S/c1-2-7-27-20-6-4-16(33(29,30)26-8-10-31-11-9-26)13-19(20)25-21(27)14-32-22(28)17-5-3-15(24)12-18(17)23/h3-6,12-13H,2,7-11,14H2,1H3. The van der Waals surface area contributed by atoms with Gasteiger partial charge in [-0.3, -0.25) is 0 Å². The van der Waals surface area contributed by atoms with E-state index in [4.69, 9.17) is 21.1 Å². The molecule has 0 unspecified atom stereocenters. The van der Waals surface area contributed by atoms with Gasteiger partial charge >= 0.3 is 5.97 Å². The molecule has 0 spiro atoms. The first-order chi connectivity index (χ1) is 15.8. The van der Waals surface area contributed by atoms with Crippen molar-refractivity contribution in [3.63, 3.8) is 0 Å². The van der Waals surface area contributed by atoms with Crippen LogP contribution in [0.5, 0.6) is 0 Å².